The third-order valence-electron chi connectivity index (χ3n) is 7.94. The summed E-state index contributed by atoms with van der Waals surface area (Å²) in [6.07, 6.45) is 11.1. The van der Waals surface area contributed by atoms with Crippen LogP contribution in [-0.2, 0) is 9.53 Å². The van der Waals surface area contributed by atoms with Gasteiger partial charge in [0.1, 0.15) is 0 Å². The SMILES string of the molecule is CN1C(C2CC(C)(C)OC(C)(CO)C2)=CC=C(NC(=O)C2=NC(C#N)CN2)C1C1=CCC(C)(C)CC1. The Labute approximate surface area is 215 Å². The molecule has 1 amide bonds. The molecule has 0 aromatic carbocycles. The van der Waals surface area contributed by atoms with E-state index >= 15 is 0 Å². The molecule has 8 heteroatoms. The maximum absolute atomic E-state index is 13.0. The van der Waals surface area contributed by atoms with Gasteiger partial charge in [-0.25, -0.2) is 4.99 Å². The Morgan fingerprint density at radius 1 is 1.31 bits per heavy atom. The van der Waals surface area contributed by atoms with Gasteiger partial charge >= 0.3 is 0 Å². The summed E-state index contributed by atoms with van der Waals surface area (Å²) < 4.78 is 6.26. The molecule has 0 radical (unpaired) electrons. The molecule has 0 aromatic heterocycles. The van der Waals surface area contributed by atoms with E-state index < -0.39 is 11.6 Å². The van der Waals surface area contributed by atoms with Gasteiger partial charge in [-0.05, 0) is 76.0 Å². The van der Waals surface area contributed by atoms with Gasteiger partial charge in [0.15, 0.2) is 11.9 Å². The summed E-state index contributed by atoms with van der Waals surface area (Å²) in [5, 5.41) is 25.3. The third-order valence-corrected chi connectivity index (χ3v) is 7.94. The van der Waals surface area contributed by atoms with E-state index in [0.29, 0.717) is 6.54 Å². The summed E-state index contributed by atoms with van der Waals surface area (Å²) in [6, 6.07) is 1.47. The second-order valence-corrected chi connectivity index (χ2v) is 12.4. The molecule has 196 valence electrons. The average Bonchev–Trinajstić information content (AvgIpc) is 3.28. The number of aliphatic imine (C=N–C) groups is 1. The number of ether oxygens (including phenoxy) is 1. The number of allylic oxidation sites excluding steroid dienone is 4. The van der Waals surface area contributed by atoms with E-state index in [-0.39, 0.29) is 41.3 Å². The number of nitriles is 1. The number of hydrogen-bond acceptors (Lipinski definition) is 7. The van der Waals surface area contributed by atoms with Crippen molar-refractivity contribution in [2.75, 3.05) is 20.2 Å². The van der Waals surface area contributed by atoms with Gasteiger partial charge in [0.2, 0.25) is 0 Å². The molecule has 8 nitrogen and oxygen atoms in total. The lowest BCUT2D eigenvalue weighted by Gasteiger charge is -2.50. The van der Waals surface area contributed by atoms with E-state index in [1.165, 1.54) is 11.3 Å². The lowest BCUT2D eigenvalue weighted by molar-refractivity contribution is -0.194. The summed E-state index contributed by atoms with van der Waals surface area (Å²) in [7, 11) is 2.10. The first-order valence-corrected chi connectivity index (χ1v) is 13.0. The van der Waals surface area contributed by atoms with Crippen LogP contribution in [0.15, 0.2) is 40.2 Å². The second-order valence-electron chi connectivity index (χ2n) is 12.4. The molecule has 4 atom stereocenters. The molecule has 0 bridgehead atoms. The lowest BCUT2D eigenvalue weighted by atomic mass is 9.74. The Hall–Kier alpha value is -2.63. The highest BCUT2D eigenvalue weighted by atomic mass is 16.5. The van der Waals surface area contributed by atoms with Crippen LogP contribution in [0.5, 0.6) is 0 Å². The van der Waals surface area contributed by atoms with Crippen molar-refractivity contribution in [1.29, 1.82) is 5.26 Å². The van der Waals surface area contributed by atoms with E-state index in [2.05, 4.69) is 73.5 Å². The van der Waals surface area contributed by atoms with Crippen molar-refractivity contribution >= 4 is 11.7 Å². The summed E-state index contributed by atoms with van der Waals surface area (Å²) >= 11 is 0. The molecule has 3 heterocycles. The van der Waals surface area contributed by atoms with Crippen molar-refractivity contribution in [3.8, 4) is 6.07 Å². The molecule has 1 aliphatic carbocycles. The van der Waals surface area contributed by atoms with Crippen molar-refractivity contribution < 1.29 is 14.6 Å². The van der Waals surface area contributed by atoms with Gasteiger partial charge in [-0.1, -0.05) is 19.9 Å². The Morgan fingerprint density at radius 2 is 2.06 bits per heavy atom. The molecule has 4 aliphatic rings. The van der Waals surface area contributed by atoms with Gasteiger partial charge in [-0.2, -0.15) is 5.26 Å². The van der Waals surface area contributed by atoms with Crippen LogP contribution in [0.3, 0.4) is 0 Å². The fraction of sp³-hybridized carbons (Fsp3) is 0.679. The van der Waals surface area contributed by atoms with Crippen LogP contribution < -0.4 is 10.6 Å². The number of carbonyl (C=O) groups is 1. The van der Waals surface area contributed by atoms with Crippen LogP contribution in [0.1, 0.15) is 66.7 Å². The number of nitrogens with zero attached hydrogens (tertiary/aromatic N) is 3. The second kappa shape index (κ2) is 9.68. The van der Waals surface area contributed by atoms with Crippen LogP contribution in [0.4, 0.5) is 0 Å². The molecule has 1 saturated heterocycles. The van der Waals surface area contributed by atoms with Gasteiger partial charge in [-0.15, -0.1) is 0 Å². The Kier molecular flexibility index (Phi) is 7.11. The van der Waals surface area contributed by atoms with Crippen LogP contribution in [0, 0.1) is 22.7 Å². The maximum atomic E-state index is 13.0. The number of amides is 1. The normalized spacial score (nSPS) is 33.4. The van der Waals surface area contributed by atoms with Crippen molar-refractivity contribution in [3.05, 3.63) is 35.2 Å². The van der Waals surface area contributed by atoms with E-state index in [9.17, 15) is 9.90 Å². The first-order chi connectivity index (χ1) is 16.9. The smallest absolute Gasteiger partial charge is 0.290 e. The van der Waals surface area contributed by atoms with Gasteiger partial charge in [0.05, 0.1) is 36.5 Å². The molecule has 1 fully saturated rings. The number of carbonyl (C=O) groups excluding carboxylic acids is 1. The predicted octanol–water partition coefficient (Wildman–Crippen LogP) is 3.17. The highest BCUT2D eigenvalue weighted by Gasteiger charge is 2.45. The van der Waals surface area contributed by atoms with E-state index in [0.717, 1.165) is 37.8 Å². The highest BCUT2D eigenvalue weighted by molar-refractivity contribution is 6.38. The molecule has 36 heavy (non-hydrogen) atoms. The van der Waals surface area contributed by atoms with Crippen molar-refractivity contribution in [1.82, 2.24) is 15.5 Å². The molecule has 0 aromatic rings. The predicted molar refractivity (Wildman–Crippen MR) is 140 cm³/mol. The Morgan fingerprint density at radius 3 is 2.67 bits per heavy atom. The third kappa shape index (κ3) is 5.52. The van der Waals surface area contributed by atoms with Crippen molar-refractivity contribution in [3.63, 3.8) is 0 Å². The average molecular weight is 496 g/mol. The van der Waals surface area contributed by atoms with Crippen LogP contribution in [0.2, 0.25) is 0 Å². The number of amidine groups is 1. The number of aliphatic hydroxyl groups is 1. The number of aliphatic hydroxyl groups excluding tert-OH is 1. The number of likely N-dealkylation sites (N-methyl/N-ethyl adjacent to an activating group) is 1. The summed E-state index contributed by atoms with van der Waals surface area (Å²) in [5.41, 5.74) is 2.64. The van der Waals surface area contributed by atoms with Crippen LogP contribution in [-0.4, -0.2) is 65.2 Å². The molecule has 4 rings (SSSR count). The van der Waals surface area contributed by atoms with E-state index in [1.54, 1.807) is 0 Å². The van der Waals surface area contributed by atoms with Gasteiger partial charge in [-0.3, -0.25) is 4.79 Å². The zero-order valence-corrected chi connectivity index (χ0v) is 22.5. The number of nitrogens with one attached hydrogen (secondary N) is 2. The van der Waals surface area contributed by atoms with Crippen LogP contribution in [0.25, 0.3) is 0 Å². The van der Waals surface area contributed by atoms with Gasteiger partial charge in [0, 0.05) is 24.4 Å². The minimum Gasteiger partial charge on any atom is -0.393 e. The monoisotopic (exact) mass is 495 g/mol. The van der Waals surface area contributed by atoms with Gasteiger partial charge < -0.3 is 25.4 Å². The van der Waals surface area contributed by atoms with E-state index in [1.807, 2.05) is 13.0 Å². The molecular formula is C28H41N5O3. The number of rotatable bonds is 5. The Bertz CT molecular complexity index is 1060. The fourth-order valence-corrected chi connectivity index (χ4v) is 6.15. The minimum atomic E-state index is -0.598. The first-order valence-electron chi connectivity index (χ1n) is 13.0. The molecule has 3 N–H and O–H groups in total. The summed E-state index contributed by atoms with van der Waals surface area (Å²) in [6.45, 7) is 11.1. The van der Waals surface area contributed by atoms with Crippen LogP contribution >= 0.6 is 0 Å². The molecular weight excluding hydrogens is 454 g/mol. The van der Waals surface area contributed by atoms with E-state index in [4.69, 9.17) is 10.00 Å². The van der Waals surface area contributed by atoms with Crippen molar-refractivity contribution in [2.45, 2.75) is 90.0 Å². The fourth-order valence-electron chi connectivity index (χ4n) is 6.15. The van der Waals surface area contributed by atoms with Crippen molar-refractivity contribution in [2.24, 2.45) is 16.3 Å². The highest BCUT2D eigenvalue weighted by Crippen LogP contribution is 2.45. The Balaban J connectivity index is 1.66. The minimum absolute atomic E-state index is 0.0243. The standard InChI is InChI=1S/C28H41N5O3/c1-26(2)11-9-18(10-12-26)23-21(32-25(35)24-30-16-20(15-29)31-24)7-8-22(33(23)6)19-13-27(3,4)36-28(5,14-19)17-34/h7-9,19-20,23,34H,10-14,16-17H2,1-6H3,(H,30,31)(H,32,35). The maximum Gasteiger partial charge on any atom is 0.290 e. The molecule has 3 aliphatic heterocycles. The lowest BCUT2D eigenvalue weighted by Crippen LogP contribution is -2.52. The summed E-state index contributed by atoms with van der Waals surface area (Å²) in [4.78, 5) is 19.5. The zero-order chi connectivity index (χ0) is 26.3. The van der Waals surface area contributed by atoms with Gasteiger partial charge in [0.25, 0.3) is 5.91 Å². The quantitative estimate of drug-likeness (QED) is 0.506. The summed E-state index contributed by atoms with van der Waals surface area (Å²) in [5.74, 6) is 0.109. The number of hydrogen-bond donors (Lipinski definition) is 3. The zero-order valence-electron chi connectivity index (χ0n) is 22.5. The topological polar surface area (TPSA) is 110 Å². The molecule has 0 saturated carbocycles. The molecule has 4 unspecified atom stereocenters. The molecule has 0 spiro atoms. The largest absolute Gasteiger partial charge is 0.393 e. The first kappa shape index (κ1) is 26.4.